The summed E-state index contributed by atoms with van der Waals surface area (Å²) in [4.78, 5) is 14.5. The molecule has 7 rings (SSSR count). The van der Waals surface area contributed by atoms with Gasteiger partial charge in [0.15, 0.2) is 29.0 Å². The molecule has 0 spiro atoms. The molecule has 1 saturated heterocycles. The summed E-state index contributed by atoms with van der Waals surface area (Å²) in [5.74, 6) is 1.42. The van der Waals surface area contributed by atoms with Crippen molar-refractivity contribution < 1.29 is 19.5 Å². The van der Waals surface area contributed by atoms with Gasteiger partial charge in [-0.2, -0.15) is 9.97 Å². The number of aliphatic hydroxyl groups is 2. The van der Waals surface area contributed by atoms with Crippen LogP contribution < -0.4 is 16.4 Å². The number of ether oxygens (including phenoxy) is 1. The van der Waals surface area contributed by atoms with Crippen LogP contribution >= 0.6 is 0 Å². The molecule has 4 heterocycles. The van der Waals surface area contributed by atoms with Gasteiger partial charge in [0.1, 0.15) is 18.3 Å². The van der Waals surface area contributed by atoms with Crippen LogP contribution in [0.2, 0.25) is 0 Å². The zero-order chi connectivity index (χ0) is 31.6. The molecular weight excluding hydrogens is 584 g/mol. The van der Waals surface area contributed by atoms with Crippen molar-refractivity contribution in [3.63, 3.8) is 0 Å². The highest BCUT2D eigenvalue weighted by Crippen LogP contribution is 2.40. The van der Waals surface area contributed by atoms with E-state index in [2.05, 4.69) is 45.0 Å². The van der Waals surface area contributed by atoms with Crippen LogP contribution in [-0.4, -0.2) is 65.7 Å². The Balaban J connectivity index is 1.23. The molecule has 12 nitrogen and oxygen atoms in total. The number of hydrogen-bond donors (Lipinski definition) is 5. The van der Waals surface area contributed by atoms with Gasteiger partial charge in [0.2, 0.25) is 5.95 Å². The number of anilines is 2. The van der Waals surface area contributed by atoms with E-state index in [0.29, 0.717) is 41.7 Å². The van der Waals surface area contributed by atoms with Crippen molar-refractivity contribution in [3.8, 4) is 0 Å². The van der Waals surface area contributed by atoms with Gasteiger partial charge in [-0.05, 0) is 43.2 Å². The molecule has 3 aromatic heterocycles. The summed E-state index contributed by atoms with van der Waals surface area (Å²) in [6.45, 7) is 2.52. The molecule has 2 aliphatic rings. The molecule has 1 saturated carbocycles. The molecule has 12 heteroatoms. The molecule has 46 heavy (non-hydrogen) atoms. The van der Waals surface area contributed by atoms with Crippen LogP contribution in [-0.2, 0) is 11.2 Å². The number of nitrogens with two attached hydrogens (primary N) is 1. The summed E-state index contributed by atoms with van der Waals surface area (Å²) in [5.41, 5.74) is 10.2. The van der Waals surface area contributed by atoms with Crippen molar-refractivity contribution in [3.05, 3.63) is 95.6 Å². The summed E-state index contributed by atoms with van der Waals surface area (Å²) in [5, 5.41) is 33.3. The first kappa shape index (κ1) is 30.3. The van der Waals surface area contributed by atoms with Crippen LogP contribution in [0.4, 0.5) is 11.8 Å². The largest absolute Gasteiger partial charge is 0.387 e. The molecule has 2 aromatic carbocycles. The fourth-order valence-electron chi connectivity index (χ4n) is 6.49. The average molecular weight is 625 g/mol. The fourth-order valence-corrected chi connectivity index (χ4v) is 6.49. The molecule has 240 valence electrons. The number of aromatic nitrogens is 5. The number of rotatable bonds is 10. The van der Waals surface area contributed by atoms with Crippen LogP contribution in [0.25, 0.3) is 11.2 Å². The molecular formula is C34H40N8O4. The number of aryl methyl sites for hydroxylation is 1. The molecule has 4 atom stereocenters. The highest BCUT2D eigenvalue weighted by atomic mass is 16.6. The molecule has 1 aliphatic heterocycles. The zero-order valence-electron chi connectivity index (χ0n) is 25.7. The normalized spacial score (nSPS) is 24.9. The van der Waals surface area contributed by atoms with Gasteiger partial charge in [-0.15, -0.1) is 0 Å². The maximum Gasteiger partial charge on any atom is 0.227 e. The molecule has 5 aromatic rings. The van der Waals surface area contributed by atoms with Gasteiger partial charge < -0.3 is 35.8 Å². The number of fused-ring (bicyclic) bond motifs is 1. The Morgan fingerprint density at radius 2 is 1.65 bits per heavy atom. The lowest BCUT2D eigenvalue weighted by molar-refractivity contribution is -0.0434. The Kier molecular flexibility index (Phi) is 8.67. The second-order valence-electron chi connectivity index (χ2n) is 12.2. The second kappa shape index (κ2) is 13.2. The average Bonchev–Trinajstić information content (AvgIpc) is 3.81. The minimum atomic E-state index is -1.26. The van der Waals surface area contributed by atoms with Gasteiger partial charge in [0, 0.05) is 30.6 Å². The lowest BCUT2D eigenvalue weighted by Crippen LogP contribution is -2.33. The monoisotopic (exact) mass is 624 g/mol. The number of imidazole rings is 1. The highest BCUT2D eigenvalue weighted by Gasteiger charge is 2.47. The fraction of sp³-hybridized carbons (Fsp3) is 0.412. The minimum absolute atomic E-state index is 0.0524. The van der Waals surface area contributed by atoms with E-state index in [1.165, 1.54) is 11.1 Å². The minimum Gasteiger partial charge on any atom is -0.387 e. The Hall–Kier alpha value is -4.36. The summed E-state index contributed by atoms with van der Waals surface area (Å²) >= 11 is 0. The molecule has 0 unspecified atom stereocenters. The number of aliphatic hydroxyl groups excluding tert-OH is 2. The van der Waals surface area contributed by atoms with Crippen LogP contribution in [0.1, 0.15) is 73.4 Å². The number of hydrogen-bond acceptors (Lipinski definition) is 11. The Morgan fingerprint density at radius 1 is 0.957 bits per heavy atom. The van der Waals surface area contributed by atoms with E-state index in [1.807, 2.05) is 43.3 Å². The van der Waals surface area contributed by atoms with E-state index in [9.17, 15) is 10.2 Å². The third-order valence-corrected chi connectivity index (χ3v) is 9.14. The first-order valence-corrected chi connectivity index (χ1v) is 16.1. The van der Waals surface area contributed by atoms with E-state index in [1.54, 1.807) is 17.0 Å². The Bertz CT molecular complexity index is 1700. The van der Waals surface area contributed by atoms with Gasteiger partial charge in [-0.3, -0.25) is 4.57 Å². The number of nitrogens with zero attached hydrogens (tertiary/aromatic N) is 5. The lowest BCUT2D eigenvalue weighted by atomic mass is 9.91. The zero-order valence-corrected chi connectivity index (χ0v) is 25.7. The SMILES string of the molecule is CCc1cc([C@@H]2O[C@@H](n3cnc4c(NCC(c5ccccc5)c5ccccc5)nc(N[C@H]5CC[C@H](N)CC5)nc43)[C@H](O)[C@H]2O)on1. The van der Waals surface area contributed by atoms with Crippen molar-refractivity contribution in [1.29, 1.82) is 0 Å². The maximum atomic E-state index is 11.2. The second-order valence-corrected chi connectivity index (χ2v) is 12.2. The van der Waals surface area contributed by atoms with E-state index >= 15 is 0 Å². The molecule has 1 aliphatic carbocycles. The third-order valence-electron chi connectivity index (χ3n) is 9.14. The molecule has 0 radical (unpaired) electrons. The van der Waals surface area contributed by atoms with Crippen LogP contribution in [0, 0.1) is 0 Å². The van der Waals surface area contributed by atoms with Gasteiger partial charge >= 0.3 is 0 Å². The Labute approximate surface area is 267 Å². The maximum absolute atomic E-state index is 11.2. The Morgan fingerprint density at radius 3 is 2.30 bits per heavy atom. The summed E-state index contributed by atoms with van der Waals surface area (Å²) in [6, 6.07) is 22.9. The van der Waals surface area contributed by atoms with Crippen molar-refractivity contribution >= 4 is 22.9 Å². The van der Waals surface area contributed by atoms with Crippen molar-refractivity contribution in [2.45, 2.75) is 81.6 Å². The van der Waals surface area contributed by atoms with Crippen molar-refractivity contribution in [2.24, 2.45) is 5.73 Å². The van der Waals surface area contributed by atoms with Crippen LogP contribution in [0.5, 0.6) is 0 Å². The van der Waals surface area contributed by atoms with Gasteiger partial charge in [0.25, 0.3) is 0 Å². The molecule has 2 fully saturated rings. The first-order chi connectivity index (χ1) is 22.5. The third kappa shape index (κ3) is 6.08. The smallest absolute Gasteiger partial charge is 0.227 e. The topological polar surface area (TPSA) is 169 Å². The summed E-state index contributed by atoms with van der Waals surface area (Å²) in [6.07, 6.45) is 1.59. The quantitative estimate of drug-likeness (QED) is 0.150. The van der Waals surface area contributed by atoms with Crippen LogP contribution in [0.15, 0.2) is 77.6 Å². The lowest BCUT2D eigenvalue weighted by Gasteiger charge is -2.27. The van der Waals surface area contributed by atoms with Gasteiger partial charge in [-0.1, -0.05) is 72.7 Å². The van der Waals surface area contributed by atoms with E-state index in [-0.39, 0.29) is 18.0 Å². The molecule has 6 N–H and O–H groups in total. The predicted octanol–water partition coefficient (Wildman–Crippen LogP) is 4.29. The summed E-state index contributed by atoms with van der Waals surface area (Å²) < 4.78 is 13.3. The van der Waals surface area contributed by atoms with Crippen molar-refractivity contribution in [1.82, 2.24) is 24.7 Å². The van der Waals surface area contributed by atoms with E-state index in [0.717, 1.165) is 31.4 Å². The molecule has 0 bridgehead atoms. The van der Waals surface area contributed by atoms with E-state index in [4.69, 9.17) is 25.0 Å². The first-order valence-electron chi connectivity index (χ1n) is 16.1. The van der Waals surface area contributed by atoms with E-state index < -0.39 is 24.5 Å². The standard InChI is InChI=1S/C34H40N8O4/c1-2-23-17-26(46-41-23)30-28(43)29(44)33(45-30)42-19-37-27-31(39-34(40-32(27)42)38-24-15-13-22(35)14-16-24)36-18-25(20-9-5-3-6-10-20)21-11-7-4-8-12-21/h3-12,17,19,22,24-25,28-30,33,43-44H,2,13-16,18,35H2,1H3,(H2,36,38,39,40)/t22-,24-,28-,29-,30+,33-/m1/s1. The number of nitrogens with one attached hydrogen (secondary N) is 2. The van der Waals surface area contributed by atoms with Gasteiger partial charge in [-0.25, -0.2) is 4.98 Å². The highest BCUT2D eigenvalue weighted by molar-refractivity contribution is 5.84. The summed E-state index contributed by atoms with van der Waals surface area (Å²) in [7, 11) is 0. The molecule has 0 amide bonds. The number of benzene rings is 2. The van der Waals surface area contributed by atoms with Crippen molar-refractivity contribution in [2.75, 3.05) is 17.2 Å². The van der Waals surface area contributed by atoms with Gasteiger partial charge in [0.05, 0.1) is 12.0 Å². The predicted molar refractivity (Wildman–Crippen MR) is 173 cm³/mol. The van der Waals surface area contributed by atoms with Crippen LogP contribution in [0.3, 0.4) is 0 Å².